The van der Waals surface area contributed by atoms with Gasteiger partial charge in [-0.2, -0.15) is 0 Å². The fourth-order valence-electron chi connectivity index (χ4n) is 6.70. The standard InChI is InChI=1S/C30H52O26/c31-1-6-11(33)16(38)21(43)27(52-6)49-4-9-13(35)18(40)23(45)29(54-9)48-3-8-15(37)20(42)25(26(47)51-8)56-30-24(46)19(41)14(36)10(55-30)5-50-28-22(44)17(39)12(34)7(2-32)53-28/h6-47H,1-5H2/t6-,7-,8-,9-,10-,11-,12-,13-,14-,15-,16+,17+,18+,19+,20+,21+,22+,23+,24+,25+,26?,27+,28+,29+,30-/m1/s1. The minimum Gasteiger partial charge on any atom is -0.394 e. The molecule has 17 N–H and O–H groups in total. The molecule has 0 amide bonds. The molecular formula is C30H52O26. The van der Waals surface area contributed by atoms with Crippen molar-refractivity contribution in [2.45, 2.75) is 154 Å². The van der Waals surface area contributed by atoms with Crippen LogP contribution in [-0.4, -0.2) is 273 Å². The molecule has 328 valence electrons. The summed E-state index contributed by atoms with van der Waals surface area (Å²) in [5, 5.41) is 174. The Kier molecular flexibility index (Phi) is 16.1. The second-order valence-electron chi connectivity index (χ2n) is 14.1. The molecular weight excluding hydrogens is 776 g/mol. The SMILES string of the molecule is OC[C@H]1O[C@H](OC[C@H]2O[C@H](OC[C@H]3OC(O)[C@@H](O[C@H]4O[C@H](CO[C@H]5O[C@H](CO)[C@@H](O)[C@H](O)[C@@H]5O)[C@@H](O)[C@H](O)[C@@H]4O)[C@@H](O)[C@@H]3O)[C@@H](O)[C@@H](O)[C@@H]2O)[C@@H](O)[C@@H](O)[C@@H]1O. The fourth-order valence-corrected chi connectivity index (χ4v) is 6.70. The summed E-state index contributed by atoms with van der Waals surface area (Å²) in [4.78, 5) is 0. The molecule has 5 aliphatic heterocycles. The van der Waals surface area contributed by atoms with Gasteiger partial charge in [0.1, 0.15) is 122 Å². The highest BCUT2D eigenvalue weighted by Crippen LogP contribution is 2.31. The van der Waals surface area contributed by atoms with Crippen molar-refractivity contribution in [1.29, 1.82) is 0 Å². The van der Waals surface area contributed by atoms with Gasteiger partial charge in [-0.1, -0.05) is 0 Å². The first-order valence-corrected chi connectivity index (χ1v) is 17.6. The highest BCUT2D eigenvalue weighted by atomic mass is 16.8. The van der Waals surface area contributed by atoms with Crippen LogP contribution in [0.25, 0.3) is 0 Å². The summed E-state index contributed by atoms with van der Waals surface area (Å²) in [6, 6.07) is 0. The molecule has 0 aliphatic carbocycles. The van der Waals surface area contributed by atoms with Crippen molar-refractivity contribution < 1.29 is 129 Å². The van der Waals surface area contributed by atoms with Crippen molar-refractivity contribution in [3.8, 4) is 0 Å². The Morgan fingerprint density at radius 2 is 0.589 bits per heavy atom. The first-order valence-electron chi connectivity index (χ1n) is 17.6. The van der Waals surface area contributed by atoms with E-state index in [1.807, 2.05) is 0 Å². The molecule has 0 saturated carbocycles. The third-order valence-electron chi connectivity index (χ3n) is 10.3. The Balaban J connectivity index is 1.14. The number of hydrogen-bond donors (Lipinski definition) is 17. The minimum absolute atomic E-state index is 0.673. The maximum atomic E-state index is 10.9. The lowest BCUT2D eigenvalue weighted by molar-refractivity contribution is -0.372. The average molecular weight is 829 g/mol. The average Bonchev–Trinajstić information content (AvgIpc) is 3.18. The number of rotatable bonds is 13. The Morgan fingerprint density at radius 1 is 0.304 bits per heavy atom. The zero-order chi connectivity index (χ0) is 41.3. The van der Waals surface area contributed by atoms with Crippen LogP contribution in [-0.2, 0) is 42.6 Å². The van der Waals surface area contributed by atoms with Crippen LogP contribution in [0.15, 0.2) is 0 Å². The summed E-state index contributed by atoms with van der Waals surface area (Å²) in [7, 11) is 0. The summed E-state index contributed by atoms with van der Waals surface area (Å²) in [5.41, 5.74) is 0. The molecule has 5 heterocycles. The van der Waals surface area contributed by atoms with Gasteiger partial charge in [-0.05, 0) is 0 Å². The molecule has 0 radical (unpaired) electrons. The van der Waals surface area contributed by atoms with E-state index in [0.717, 1.165) is 0 Å². The van der Waals surface area contributed by atoms with Crippen molar-refractivity contribution in [2.24, 2.45) is 0 Å². The van der Waals surface area contributed by atoms with Crippen LogP contribution >= 0.6 is 0 Å². The van der Waals surface area contributed by atoms with Crippen molar-refractivity contribution in [3.63, 3.8) is 0 Å². The molecule has 0 aromatic carbocycles. The third-order valence-corrected chi connectivity index (χ3v) is 10.3. The number of aliphatic hydroxyl groups is 17. The lowest BCUT2D eigenvalue weighted by Gasteiger charge is -2.46. The van der Waals surface area contributed by atoms with E-state index in [1.54, 1.807) is 0 Å². The van der Waals surface area contributed by atoms with Crippen LogP contribution in [0.3, 0.4) is 0 Å². The molecule has 5 fully saturated rings. The van der Waals surface area contributed by atoms with Gasteiger partial charge in [0.2, 0.25) is 0 Å². The van der Waals surface area contributed by atoms with Crippen LogP contribution in [0.4, 0.5) is 0 Å². The molecule has 0 aromatic rings. The summed E-state index contributed by atoms with van der Waals surface area (Å²) in [6.45, 7) is -3.68. The Hall–Kier alpha value is -1.04. The van der Waals surface area contributed by atoms with Crippen molar-refractivity contribution in [2.75, 3.05) is 33.0 Å². The van der Waals surface area contributed by atoms with Crippen molar-refractivity contribution >= 4 is 0 Å². The second kappa shape index (κ2) is 19.6. The van der Waals surface area contributed by atoms with Crippen LogP contribution in [0.5, 0.6) is 0 Å². The summed E-state index contributed by atoms with van der Waals surface area (Å²) >= 11 is 0. The summed E-state index contributed by atoms with van der Waals surface area (Å²) in [6.07, 6.45) is -44.5. The van der Waals surface area contributed by atoms with Gasteiger partial charge in [-0.25, -0.2) is 0 Å². The summed E-state index contributed by atoms with van der Waals surface area (Å²) < 4.78 is 48.3. The maximum absolute atomic E-state index is 10.9. The highest BCUT2D eigenvalue weighted by Gasteiger charge is 2.53. The van der Waals surface area contributed by atoms with E-state index >= 15 is 0 Å². The monoisotopic (exact) mass is 828 g/mol. The zero-order valence-corrected chi connectivity index (χ0v) is 29.2. The molecule has 5 rings (SSSR count). The smallest absolute Gasteiger partial charge is 0.187 e. The van der Waals surface area contributed by atoms with E-state index in [0.29, 0.717) is 0 Å². The predicted molar refractivity (Wildman–Crippen MR) is 167 cm³/mol. The van der Waals surface area contributed by atoms with Crippen LogP contribution in [0.1, 0.15) is 0 Å². The predicted octanol–water partition coefficient (Wildman–Crippen LogP) is -11.9. The Bertz CT molecular complexity index is 1200. The maximum Gasteiger partial charge on any atom is 0.187 e. The highest BCUT2D eigenvalue weighted by molar-refractivity contribution is 4.96. The topological polar surface area (TPSA) is 427 Å². The molecule has 56 heavy (non-hydrogen) atoms. The van der Waals surface area contributed by atoms with Gasteiger partial charge in [-0.3, -0.25) is 0 Å². The molecule has 0 aromatic heterocycles. The van der Waals surface area contributed by atoms with Gasteiger partial charge in [-0.15, -0.1) is 0 Å². The Labute approximate surface area is 316 Å². The molecule has 25 atom stereocenters. The van der Waals surface area contributed by atoms with Gasteiger partial charge >= 0.3 is 0 Å². The lowest BCUT2D eigenvalue weighted by Crippen LogP contribution is -2.65. The Morgan fingerprint density at radius 3 is 0.964 bits per heavy atom. The van der Waals surface area contributed by atoms with E-state index in [1.165, 1.54) is 0 Å². The van der Waals surface area contributed by atoms with E-state index in [4.69, 9.17) is 42.6 Å². The molecule has 26 nitrogen and oxygen atoms in total. The fraction of sp³-hybridized carbons (Fsp3) is 1.00. The first kappa shape index (κ1) is 46.0. The molecule has 0 bridgehead atoms. The van der Waals surface area contributed by atoms with Gasteiger partial charge in [0.15, 0.2) is 31.5 Å². The largest absolute Gasteiger partial charge is 0.394 e. The van der Waals surface area contributed by atoms with Gasteiger partial charge in [0, 0.05) is 0 Å². The van der Waals surface area contributed by atoms with Gasteiger partial charge < -0.3 is 129 Å². The van der Waals surface area contributed by atoms with Crippen LogP contribution < -0.4 is 0 Å². The van der Waals surface area contributed by atoms with Gasteiger partial charge in [0.25, 0.3) is 0 Å². The second-order valence-corrected chi connectivity index (χ2v) is 14.1. The third kappa shape index (κ3) is 9.61. The first-order chi connectivity index (χ1) is 26.4. The van der Waals surface area contributed by atoms with Crippen molar-refractivity contribution in [3.05, 3.63) is 0 Å². The lowest BCUT2D eigenvalue weighted by atomic mass is 9.97. The molecule has 5 aliphatic rings. The van der Waals surface area contributed by atoms with E-state index < -0.39 is 187 Å². The quantitative estimate of drug-likeness (QED) is 0.0819. The minimum atomic E-state index is -2.12. The molecule has 5 saturated heterocycles. The van der Waals surface area contributed by atoms with E-state index in [-0.39, 0.29) is 0 Å². The molecule has 26 heteroatoms. The zero-order valence-electron chi connectivity index (χ0n) is 29.2. The van der Waals surface area contributed by atoms with Crippen LogP contribution in [0, 0.1) is 0 Å². The molecule has 0 spiro atoms. The molecule has 1 unspecified atom stereocenters. The normalized spacial score (nSPS) is 53.2. The van der Waals surface area contributed by atoms with Crippen molar-refractivity contribution in [1.82, 2.24) is 0 Å². The van der Waals surface area contributed by atoms with Gasteiger partial charge in [0.05, 0.1) is 33.0 Å². The summed E-state index contributed by atoms with van der Waals surface area (Å²) in [5.74, 6) is 0. The van der Waals surface area contributed by atoms with E-state index in [2.05, 4.69) is 0 Å². The van der Waals surface area contributed by atoms with E-state index in [9.17, 15) is 86.8 Å². The number of aliphatic hydroxyl groups excluding tert-OH is 17. The van der Waals surface area contributed by atoms with Crippen LogP contribution in [0.2, 0.25) is 0 Å². The number of ether oxygens (including phenoxy) is 9. The number of hydrogen-bond acceptors (Lipinski definition) is 26.